The van der Waals surface area contributed by atoms with Gasteiger partial charge >= 0.3 is 0 Å². The monoisotopic (exact) mass is 412 g/mol. The van der Waals surface area contributed by atoms with Gasteiger partial charge in [-0.1, -0.05) is 0 Å². The second-order valence-electron chi connectivity index (χ2n) is 6.88. The van der Waals surface area contributed by atoms with Crippen LogP contribution in [0.5, 0.6) is 5.75 Å². The van der Waals surface area contributed by atoms with Crippen molar-refractivity contribution in [2.24, 2.45) is 5.92 Å². The van der Waals surface area contributed by atoms with Crippen LogP contribution < -0.4 is 20.7 Å². The van der Waals surface area contributed by atoms with Crippen molar-refractivity contribution in [1.29, 1.82) is 0 Å². The van der Waals surface area contributed by atoms with E-state index >= 15 is 0 Å². The van der Waals surface area contributed by atoms with Crippen LogP contribution in [0.2, 0.25) is 0 Å². The van der Waals surface area contributed by atoms with Crippen molar-refractivity contribution in [2.75, 3.05) is 24.7 Å². The zero-order valence-corrected chi connectivity index (χ0v) is 16.5. The molecule has 0 bridgehead atoms. The third-order valence-electron chi connectivity index (χ3n) is 4.85. The Morgan fingerprint density at radius 3 is 2.83 bits per heavy atom. The van der Waals surface area contributed by atoms with Crippen molar-refractivity contribution in [3.8, 4) is 5.75 Å². The maximum absolute atomic E-state index is 12.6. The molecule has 2 heterocycles. The van der Waals surface area contributed by atoms with Gasteiger partial charge in [0.2, 0.25) is 5.91 Å². The van der Waals surface area contributed by atoms with Crippen LogP contribution >= 0.6 is 0 Å². The molecule has 0 atom stereocenters. The zero-order valence-electron chi connectivity index (χ0n) is 19.5. The highest BCUT2D eigenvalue weighted by Crippen LogP contribution is 2.36. The Hall–Kier alpha value is -3.69. The SMILES string of the molecule is [2H]C([2H])([2H])NC(=O)c1nnc(NC(=O)C2CC2)cc1Nc1ccc2cnn(CC)c2c1OC. The Bertz CT molecular complexity index is 1220. The lowest BCUT2D eigenvalue weighted by atomic mass is 10.2. The number of rotatable bonds is 7. The molecule has 1 fully saturated rings. The maximum atomic E-state index is 12.6. The van der Waals surface area contributed by atoms with Gasteiger partial charge in [0.05, 0.1) is 24.7 Å². The van der Waals surface area contributed by atoms with Crippen molar-refractivity contribution in [1.82, 2.24) is 25.3 Å². The van der Waals surface area contributed by atoms with Crippen LogP contribution in [0.4, 0.5) is 17.2 Å². The second-order valence-corrected chi connectivity index (χ2v) is 6.88. The van der Waals surface area contributed by atoms with Gasteiger partial charge < -0.3 is 20.7 Å². The normalized spacial score (nSPS) is 15.1. The largest absolute Gasteiger partial charge is 0.492 e. The molecule has 0 saturated heterocycles. The van der Waals surface area contributed by atoms with Crippen molar-refractivity contribution in [3.05, 3.63) is 30.1 Å². The topological polar surface area (TPSA) is 123 Å². The molecular weight excluding hydrogens is 386 g/mol. The standard InChI is InChI=1S/C20H23N7O3/c1-4-27-17-12(10-22-27)7-8-13(18(17)30-3)23-14-9-15(24-19(28)11-5-6-11)25-26-16(14)20(29)21-2/h7-11H,4-6H2,1-3H3,(H,21,29)(H2,23,24,25,28)/i2D3. The van der Waals surface area contributed by atoms with E-state index in [1.807, 2.05) is 18.3 Å². The summed E-state index contributed by atoms with van der Waals surface area (Å²) in [7, 11) is 1.52. The summed E-state index contributed by atoms with van der Waals surface area (Å²) in [5.41, 5.74) is 1.15. The number of amides is 2. The van der Waals surface area contributed by atoms with Crippen LogP contribution in [0.15, 0.2) is 24.4 Å². The molecule has 1 saturated carbocycles. The number of fused-ring (bicyclic) bond motifs is 1. The number of carbonyl (C=O) groups is 2. The van der Waals surface area contributed by atoms with Gasteiger partial charge in [0, 0.05) is 35.0 Å². The summed E-state index contributed by atoms with van der Waals surface area (Å²) in [5, 5.41) is 20.6. The van der Waals surface area contributed by atoms with Crippen LogP contribution in [0.25, 0.3) is 10.9 Å². The molecule has 10 heteroatoms. The number of aryl methyl sites for hydroxylation is 1. The molecule has 0 spiro atoms. The first kappa shape index (κ1) is 16.1. The Morgan fingerprint density at radius 1 is 1.30 bits per heavy atom. The molecule has 4 rings (SSSR count). The van der Waals surface area contributed by atoms with Crippen molar-refractivity contribution in [3.63, 3.8) is 0 Å². The Kier molecular flexibility index (Phi) is 4.29. The molecule has 3 aromatic rings. The van der Waals surface area contributed by atoms with Crippen LogP contribution in [-0.2, 0) is 11.3 Å². The van der Waals surface area contributed by atoms with Crippen molar-refractivity contribution < 1.29 is 18.4 Å². The number of aromatic nitrogens is 4. The molecule has 156 valence electrons. The van der Waals surface area contributed by atoms with Crippen LogP contribution in [0.1, 0.15) is 34.4 Å². The molecule has 1 aliphatic carbocycles. The van der Waals surface area contributed by atoms with E-state index < -0.39 is 12.9 Å². The first-order chi connectivity index (χ1) is 15.7. The van der Waals surface area contributed by atoms with Crippen LogP contribution in [-0.4, -0.2) is 45.9 Å². The molecule has 10 nitrogen and oxygen atoms in total. The van der Waals surface area contributed by atoms with Gasteiger partial charge in [-0.25, -0.2) is 0 Å². The van der Waals surface area contributed by atoms with Gasteiger partial charge in [-0.3, -0.25) is 14.3 Å². The lowest BCUT2D eigenvalue weighted by molar-refractivity contribution is -0.117. The predicted molar refractivity (Wildman–Crippen MR) is 112 cm³/mol. The third kappa shape index (κ3) is 3.63. The number of benzene rings is 1. The molecule has 3 N–H and O–H groups in total. The Labute approximate surface area is 177 Å². The summed E-state index contributed by atoms with van der Waals surface area (Å²) in [4.78, 5) is 24.8. The lowest BCUT2D eigenvalue weighted by Gasteiger charge is -2.15. The highest BCUT2D eigenvalue weighted by molar-refractivity contribution is 6.00. The fourth-order valence-corrected chi connectivity index (χ4v) is 3.19. The molecule has 30 heavy (non-hydrogen) atoms. The van der Waals surface area contributed by atoms with Gasteiger partial charge in [0.15, 0.2) is 17.3 Å². The van der Waals surface area contributed by atoms with Crippen LogP contribution in [0.3, 0.4) is 0 Å². The quantitative estimate of drug-likeness (QED) is 0.544. The molecule has 0 aliphatic heterocycles. The number of hydrogen-bond donors (Lipinski definition) is 3. The number of anilines is 3. The molecule has 2 amide bonds. The van der Waals surface area contributed by atoms with E-state index in [0.29, 0.717) is 18.0 Å². The maximum Gasteiger partial charge on any atom is 0.273 e. The van der Waals surface area contributed by atoms with Crippen LogP contribution in [0, 0.1) is 5.92 Å². The molecule has 1 aliphatic rings. The van der Waals surface area contributed by atoms with Gasteiger partial charge in [-0.05, 0) is 31.9 Å². The van der Waals surface area contributed by atoms with Gasteiger partial charge in [-0.15, -0.1) is 10.2 Å². The second kappa shape index (κ2) is 7.97. The summed E-state index contributed by atoms with van der Waals surface area (Å²) >= 11 is 0. The van der Waals surface area contributed by atoms with Gasteiger partial charge in [0.1, 0.15) is 5.52 Å². The summed E-state index contributed by atoms with van der Waals surface area (Å²) in [6.45, 7) is -0.145. The Morgan fingerprint density at radius 2 is 2.13 bits per heavy atom. The zero-order chi connectivity index (χ0) is 23.8. The van der Waals surface area contributed by atoms with E-state index in [-0.39, 0.29) is 29.0 Å². The van der Waals surface area contributed by atoms with Gasteiger partial charge in [-0.2, -0.15) is 5.10 Å². The molecule has 1 aromatic carbocycles. The number of hydrogen-bond acceptors (Lipinski definition) is 7. The Balaban J connectivity index is 1.75. The van der Waals surface area contributed by atoms with Gasteiger partial charge in [0.25, 0.3) is 5.91 Å². The third-order valence-corrected chi connectivity index (χ3v) is 4.85. The number of carbonyl (C=O) groups excluding carboxylic acids is 2. The smallest absolute Gasteiger partial charge is 0.273 e. The highest BCUT2D eigenvalue weighted by atomic mass is 16.5. The van der Waals surface area contributed by atoms with Crippen molar-refractivity contribution >= 4 is 39.9 Å². The lowest BCUT2D eigenvalue weighted by Crippen LogP contribution is -2.22. The first-order valence-electron chi connectivity index (χ1n) is 11.0. The molecule has 0 unspecified atom stereocenters. The molecule has 2 aromatic heterocycles. The van der Waals surface area contributed by atoms with E-state index in [9.17, 15) is 9.59 Å². The average Bonchev–Trinajstić information content (AvgIpc) is 3.52. The number of ether oxygens (including phenoxy) is 1. The first-order valence-corrected chi connectivity index (χ1v) is 9.50. The molecular formula is C20H23N7O3. The minimum absolute atomic E-state index is 0.0569. The minimum atomic E-state index is -2.71. The van der Waals surface area contributed by atoms with E-state index in [1.54, 1.807) is 16.9 Å². The number of nitrogens with one attached hydrogen (secondary N) is 3. The summed E-state index contributed by atoms with van der Waals surface area (Å²) < 4.78 is 29.4. The van der Waals surface area contributed by atoms with Crippen molar-refractivity contribution in [2.45, 2.75) is 26.3 Å². The predicted octanol–water partition coefficient (Wildman–Crippen LogP) is 2.31. The summed E-state index contributed by atoms with van der Waals surface area (Å²) in [6.07, 6.45) is 3.34. The summed E-state index contributed by atoms with van der Waals surface area (Å²) in [5.74, 6) is -0.559. The fraction of sp³-hybridized carbons (Fsp3) is 0.350. The van der Waals surface area contributed by atoms with E-state index in [2.05, 4.69) is 25.9 Å². The van der Waals surface area contributed by atoms with E-state index in [4.69, 9.17) is 8.85 Å². The van der Waals surface area contributed by atoms with E-state index in [0.717, 1.165) is 23.7 Å². The molecule has 0 radical (unpaired) electrons. The average molecular weight is 412 g/mol. The van der Waals surface area contributed by atoms with E-state index in [1.165, 1.54) is 13.2 Å². The highest BCUT2D eigenvalue weighted by Gasteiger charge is 2.30. The number of nitrogens with zero attached hydrogens (tertiary/aromatic N) is 4. The minimum Gasteiger partial charge on any atom is -0.492 e. The summed E-state index contributed by atoms with van der Waals surface area (Å²) in [6, 6.07) is 5.02. The number of methoxy groups -OCH3 is 1. The fourth-order valence-electron chi connectivity index (χ4n) is 3.19.